The van der Waals surface area contributed by atoms with Crippen LogP contribution in [0, 0.1) is 10.1 Å². The number of ether oxygens (including phenoxy) is 1. The van der Waals surface area contributed by atoms with E-state index < -0.39 is 4.92 Å². The fourth-order valence-corrected chi connectivity index (χ4v) is 1.75. The zero-order chi connectivity index (χ0) is 15.9. The van der Waals surface area contributed by atoms with Crippen LogP contribution in [0.5, 0.6) is 11.5 Å². The Morgan fingerprint density at radius 1 is 1.27 bits per heavy atom. The SMILES string of the molecule is CCCOc1ccc(O)c(C=Nc2ccc([N+](=O)[O-])cc2)c1. The number of hydrogen-bond donors (Lipinski definition) is 1. The van der Waals surface area contributed by atoms with Crippen molar-refractivity contribution in [1.82, 2.24) is 0 Å². The summed E-state index contributed by atoms with van der Waals surface area (Å²) in [6, 6.07) is 10.8. The van der Waals surface area contributed by atoms with Gasteiger partial charge in [0.15, 0.2) is 0 Å². The Balaban J connectivity index is 2.16. The van der Waals surface area contributed by atoms with Gasteiger partial charge in [-0.25, -0.2) is 0 Å². The van der Waals surface area contributed by atoms with Gasteiger partial charge >= 0.3 is 0 Å². The van der Waals surface area contributed by atoms with Gasteiger partial charge in [-0.2, -0.15) is 0 Å². The van der Waals surface area contributed by atoms with Gasteiger partial charge in [-0.15, -0.1) is 0 Å². The van der Waals surface area contributed by atoms with Crippen molar-refractivity contribution in [2.75, 3.05) is 6.61 Å². The number of aromatic hydroxyl groups is 1. The molecule has 0 unspecified atom stereocenters. The molecule has 0 fully saturated rings. The Kier molecular flexibility index (Phi) is 5.08. The molecule has 22 heavy (non-hydrogen) atoms. The molecule has 0 heterocycles. The Hall–Kier alpha value is -2.89. The highest BCUT2D eigenvalue weighted by molar-refractivity contribution is 5.86. The standard InChI is InChI=1S/C16H16N2O4/c1-2-9-22-15-7-8-16(19)12(10-15)11-17-13-3-5-14(6-4-13)18(20)21/h3-8,10-11,19H,2,9H2,1H3. The summed E-state index contributed by atoms with van der Waals surface area (Å²) >= 11 is 0. The van der Waals surface area contributed by atoms with E-state index in [-0.39, 0.29) is 11.4 Å². The first kappa shape index (κ1) is 15.5. The molecular formula is C16H16N2O4. The Labute approximate surface area is 127 Å². The molecule has 0 aliphatic rings. The third-order valence-electron chi connectivity index (χ3n) is 2.89. The molecule has 0 spiro atoms. The van der Waals surface area contributed by atoms with Crippen LogP contribution in [0.3, 0.4) is 0 Å². The summed E-state index contributed by atoms with van der Waals surface area (Å²) in [4.78, 5) is 14.3. The van der Waals surface area contributed by atoms with Crippen LogP contribution in [0.1, 0.15) is 18.9 Å². The lowest BCUT2D eigenvalue weighted by Crippen LogP contribution is -1.95. The molecule has 0 aliphatic heterocycles. The average Bonchev–Trinajstić information content (AvgIpc) is 2.53. The van der Waals surface area contributed by atoms with Gasteiger partial charge in [-0.3, -0.25) is 15.1 Å². The van der Waals surface area contributed by atoms with Crippen LogP contribution >= 0.6 is 0 Å². The van der Waals surface area contributed by atoms with Crippen molar-refractivity contribution in [2.24, 2.45) is 4.99 Å². The number of phenols is 1. The molecule has 2 aromatic carbocycles. The van der Waals surface area contributed by atoms with Gasteiger partial charge in [0.1, 0.15) is 11.5 Å². The number of nitro groups is 1. The normalized spacial score (nSPS) is 10.8. The van der Waals surface area contributed by atoms with E-state index in [4.69, 9.17) is 4.74 Å². The van der Waals surface area contributed by atoms with Crippen LogP contribution in [0.25, 0.3) is 0 Å². The van der Waals surface area contributed by atoms with Crippen molar-refractivity contribution in [2.45, 2.75) is 13.3 Å². The molecule has 0 aromatic heterocycles. The zero-order valence-electron chi connectivity index (χ0n) is 12.1. The highest BCUT2D eigenvalue weighted by atomic mass is 16.6. The monoisotopic (exact) mass is 300 g/mol. The van der Waals surface area contributed by atoms with Crippen molar-refractivity contribution >= 4 is 17.6 Å². The summed E-state index contributed by atoms with van der Waals surface area (Å²) in [6.45, 7) is 2.61. The molecule has 0 aliphatic carbocycles. The third-order valence-corrected chi connectivity index (χ3v) is 2.89. The molecule has 0 saturated heterocycles. The van der Waals surface area contributed by atoms with Gasteiger partial charge < -0.3 is 9.84 Å². The quantitative estimate of drug-likeness (QED) is 0.499. The lowest BCUT2D eigenvalue weighted by Gasteiger charge is -2.06. The van der Waals surface area contributed by atoms with Gasteiger partial charge in [-0.1, -0.05) is 6.92 Å². The Bertz CT molecular complexity index is 681. The number of rotatable bonds is 6. The minimum Gasteiger partial charge on any atom is -0.507 e. The molecule has 114 valence electrons. The second-order valence-electron chi connectivity index (χ2n) is 4.60. The molecule has 6 heteroatoms. The van der Waals surface area contributed by atoms with E-state index in [1.54, 1.807) is 30.3 Å². The van der Waals surface area contributed by atoms with E-state index in [0.29, 0.717) is 23.6 Å². The lowest BCUT2D eigenvalue weighted by molar-refractivity contribution is -0.384. The summed E-state index contributed by atoms with van der Waals surface area (Å²) in [5.41, 5.74) is 1.09. The molecule has 0 amide bonds. The molecule has 0 radical (unpaired) electrons. The molecule has 0 atom stereocenters. The maximum Gasteiger partial charge on any atom is 0.269 e. The average molecular weight is 300 g/mol. The molecule has 2 aromatic rings. The number of aliphatic imine (C=N–C) groups is 1. The summed E-state index contributed by atoms with van der Waals surface area (Å²) in [5.74, 6) is 0.749. The fourth-order valence-electron chi connectivity index (χ4n) is 1.75. The fraction of sp³-hybridized carbons (Fsp3) is 0.188. The number of nitrogens with zero attached hydrogens (tertiary/aromatic N) is 2. The Morgan fingerprint density at radius 3 is 2.64 bits per heavy atom. The van der Waals surface area contributed by atoms with Crippen molar-refractivity contribution in [3.05, 3.63) is 58.1 Å². The van der Waals surface area contributed by atoms with E-state index in [9.17, 15) is 15.2 Å². The van der Waals surface area contributed by atoms with E-state index >= 15 is 0 Å². The first-order chi connectivity index (χ1) is 10.6. The van der Waals surface area contributed by atoms with Gasteiger partial charge in [0.05, 0.1) is 17.2 Å². The third kappa shape index (κ3) is 4.05. The summed E-state index contributed by atoms with van der Waals surface area (Å²) < 4.78 is 5.50. The first-order valence-electron chi connectivity index (χ1n) is 6.84. The van der Waals surface area contributed by atoms with Crippen molar-refractivity contribution in [3.63, 3.8) is 0 Å². The first-order valence-corrected chi connectivity index (χ1v) is 6.84. The summed E-state index contributed by atoms with van der Waals surface area (Å²) in [7, 11) is 0. The topological polar surface area (TPSA) is 85.0 Å². The minimum absolute atomic E-state index is 0.0109. The van der Waals surface area contributed by atoms with Crippen molar-refractivity contribution in [1.29, 1.82) is 0 Å². The van der Waals surface area contributed by atoms with Gasteiger partial charge in [0.2, 0.25) is 0 Å². The number of nitro benzene ring substituents is 1. The summed E-state index contributed by atoms with van der Waals surface area (Å²) in [5, 5.41) is 20.4. The minimum atomic E-state index is -0.464. The largest absolute Gasteiger partial charge is 0.507 e. The summed E-state index contributed by atoms with van der Waals surface area (Å²) in [6.07, 6.45) is 2.39. The Morgan fingerprint density at radius 2 is 2.00 bits per heavy atom. The van der Waals surface area contributed by atoms with Crippen LogP contribution in [0.2, 0.25) is 0 Å². The van der Waals surface area contributed by atoms with Gasteiger partial charge in [0, 0.05) is 23.9 Å². The molecule has 1 N–H and O–H groups in total. The molecular weight excluding hydrogens is 284 g/mol. The van der Waals surface area contributed by atoms with Crippen LogP contribution in [0.4, 0.5) is 11.4 Å². The zero-order valence-corrected chi connectivity index (χ0v) is 12.1. The van der Waals surface area contributed by atoms with Crippen LogP contribution in [-0.4, -0.2) is 22.9 Å². The highest BCUT2D eigenvalue weighted by Gasteiger charge is 2.04. The number of benzene rings is 2. The van der Waals surface area contributed by atoms with Crippen LogP contribution in [0.15, 0.2) is 47.5 Å². The predicted molar refractivity (Wildman–Crippen MR) is 84.2 cm³/mol. The molecule has 2 rings (SSSR count). The van der Waals surface area contributed by atoms with Gasteiger partial charge in [-0.05, 0) is 36.8 Å². The lowest BCUT2D eigenvalue weighted by atomic mass is 10.2. The number of hydrogen-bond acceptors (Lipinski definition) is 5. The smallest absolute Gasteiger partial charge is 0.269 e. The van der Waals surface area contributed by atoms with E-state index in [0.717, 1.165) is 6.42 Å². The maximum atomic E-state index is 10.6. The van der Waals surface area contributed by atoms with Crippen molar-refractivity contribution < 1.29 is 14.8 Å². The van der Waals surface area contributed by atoms with Crippen LogP contribution in [-0.2, 0) is 0 Å². The number of non-ortho nitro benzene ring substituents is 1. The second kappa shape index (κ2) is 7.21. The molecule has 0 saturated carbocycles. The highest BCUT2D eigenvalue weighted by Crippen LogP contribution is 2.23. The number of phenolic OH excluding ortho intramolecular Hbond substituents is 1. The van der Waals surface area contributed by atoms with Crippen molar-refractivity contribution in [3.8, 4) is 11.5 Å². The second-order valence-corrected chi connectivity index (χ2v) is 4.60. The molecule has 6 nitrogen and oxygen atoms in total. The predicted octanol–water partition coefficient (Wildman–Crippen LogP) is 3.84. The van der Waals surface area contributed by atoms with E-state index in [1.807, 2.05) is 6.92 Å². The van der Waals surface area contributed by atoms with E-state index in [1.165, 1.54) is 18.3 Å². The van der Waals surface area contributed by atoms with Gasteiger partial charge in [0.25, 0.3) is 5.69 Å². The maximum absolute atomic E-state index is 10.6. The molecule has 0 bridgehead atoms. The van der Waals surface area contributed by atoms with Crippen LogP contribution < -0.4 is 4.74 Å². The van der Waals surface area contributed by atoms with E-state index in [2.05, 4.69) is 4.99 Å².